The van der Waals surface area contributed by atoms with Crippen molar-refractivity contribution in [2.75, 3.05) is 7.11 Å². The minimum absolute atomic E-state index is 0.0800. The summed E-state index contributed by atoms with van der Waals surface area (Å²) in [5.74, 6) is -0.810. The van der Waals surface area contributed by atoms with Crippen molar-refractivity contribution in [3.63, 3.8) is 0 Å². The fourth-order valence-corrected chi connectivity index (χ4v) is 1.84. The maximum Gasteiger partial charge on any atom is 0.308 e. The second-order valence-corrected chi connectivity index (χ2v) is 4.39. The zero-order valence-corrected chi connectivity index (χ0v) is 10.8. The zero-order valence-electron chi connectivity index (χ0n) is 10.1. The number of benzene rings is 1. The minimum Gasteiger partial charge on any atom is -0.507 e. The Balaban J connectivity index is 2.96. The molecule has 1 rings (SSSR count). The number of aryl methyl sites for hydroxylation is 1. The topological polar surface area (TPSA) is 87.0 Å². The Morgan fingerprint density at radius 2 is 2.06 bits per heavy atom. The largest absolute Gasteiger partial charge is 0.507 e. The van der Waals surface area contributed by atoms with Crippen LogP contribution < -0.4 is 0 Å². The highest BCUT2D eigenvalue weighted by atomic mass is 35.5. The van der Waals surface area contributed by atoms with Crippen molar-refractivity contribution in [3.05, 3.63) is 28.3 Å². The highest BCUT2D eigenvalue weighted by Crippen LogP contribution is 2.33. The molecule has 0 aliphatic carbocycles. The molecule has 0 bridgehead atoms. The molecule has 0 saturated carbocycles. The van der Waals surface area contributed by atoms with E-state index >= 15 is 0 Å². The number of aliphatic hydroxyl groups excluding tert-OH is 2. The van der Waals surface area contributed by atoms with Gasteiger partial charge in [0.05, 0.1) is 19.6 Å². The number of carbonyl (C=O) groups is 1. The van der Waals surface area contributed by atoms with Gasteiger partial charge in [0.25, 0.3) is 0 Å². The van der Waals surface area contributed by atoms with E-state index in [2.05, 4.69) is 4.74 Å². The van der Waals surface area contributed by atoms with Crippen LogP contribution in [0.5, 0.6) is 5.75 Å². The van der Waals surface area contributed by atoms with Gasteiger partial charge in [0.1, 0.15) is 11.9 Å². The number of ether oxygens (including phenoxy) is 1. The number of phenols is 1. The lowest BCUT2D eigenvalue weighted by molar-refractivity contribution is -0.144. The summed E-state index contributed by atoms with van der Waals surface area (Å²) in [6.07, 6.45) is -3.16. The molecule has 1 aromatic carbocycles. The van der Waals surface area contributed by atoms with Crippen LogP contribution in [0.25, 0.3) is 0 Å². The van der Waals surface area contributed by atoms with Crippen molar-refractivity contribution in [2.24, 2.45) is 0 Å². The van der Waals surface area contributed by atoms with Gasteiger partial charge < -0.3 is 20.1 Å². The van der Waals surface area contributed by atoms with Crippen molar-refractivity contribution >= 4 is 17.6 Å². The van der Waals surface area contributed by atoms with E-state index < -0.39 is 18.2 Å². The first-order valence-corrected chi connectivity index (χ1v) is 5.66. The van der Waals surface area contributed by atoms with Gasteiger partial charge in [0.2, 0.25) is 0 Å². The summed E-state index contributed by atoms with van der Waals surface area (Å²) in [6, 6.07) is 2.87. The number of hydrogen-bond acceptors (Lipinski definition) is 5. The zero-order chi connectivity index (χ0) is 13.9. The number of hydrogen-bond donors (Lipinski definition) is 3. The van der Waals surface area contributed by atoms with Crippen molar-refractivity contribution < 1.29 is 24.9 Å². The predicted octanol–water partition coefficient (Wildman–Crippen LogP) is 1.31. The van der Waals surface area contributed by atoms with Gasteiger partial charge in [-0.05, 0) is 24.6 Å². The molecule has 0 aliphatic rings. The lowest BCUT2D eigenvalue weighted by Gasteiger charge is -2.19. The number of methoxy groups -OCH3 is 1. The summed E-state index contributed by atoms with van der Waals surface area (Å²) >= 11 is 5.81. The highest BCUT2D eigenvalue weighted by Gasteiger charge is 2.25. The Morgan fingerprint density at radius 1 is 1.44 bits per heavy atom. The molecule has 0 heterocycles. The van der Waals surface area contributed by atoms with Crippen LogP contribution in [-0.2, 0) is 9.53 Å². The first-order chi connectivity index (χ1) is 8.36. The van der Waals surface area contributed by atoms with E-state index in [1.54, 1.807) is 6.92 Å². The third-order valence-electron chi connectivity index (χ3n) is 2.58. The van der Waals surface area contributed by atoms with Crippen molar-refractivity contribution in [2.45, 2.75) is 25.6 Å². The smallest absolute Gasteiger partial charge is 0.308 e. The summed E-state index contributed by atoms with van der Waals surface area (Å²) < 4.78 is 4.39. The maximum atomic E-state index is 11.0. The molecular formula is C12H15ClO5. The average molecular weight is 275 g/mol. The van der Waals surface area contributed by atoms with Crippen LogP contribution in [0.1, 0.15) is 23.7 Å². The van der Waals surface area contributed by atoms with Crippen LogP contribution in [0.4, 0.5) is 0 Å². The number of halogens is 1. The number of carbonyl (C=O) groups excluding carboxylic acids is 1. The Kier molecular flexibility index (Phi) is 4.95. The fraction of sp³-hybridized carbons (Fsp3) is 0.417. The summed E-state index contributed by atoms with van der Waals surface area (Å²) in [7, 11) is 1.18. The average Bonchev–Trinajstić information content (AvgIpc) is 2.32. The molecule has 18 heavy (non-hydrogen) atoms. The molecular weight excluding hydrogens is 260 g/mol. The molecule has 0 fully saturated rings. The second-order valence-electron chi connectivity index (χ2n) is 3.95. The molecule has 3 N–H and O–H groups in total. The van der Waals surface area contributed by atoms with Crippen LogP contribution in [0.15, 0.2) is 12.1 Å². The summed E-state index contributed by atoms with van der Waals surface area (Å²) in [6.45, 7) is 1.62. The van der Waals surface area contributed by atoms with E-state index in [0.717, 1.165) is 0 Å². The number of phenolic OH excluding ortho intramolecular Hbond substituents is 1. The Bertz CT molecular complexity index is 446. The van der Waals surface area contributed by atoms with Crippen molar-refractivity contribution in [3.8, 4) is 5.75 Å². The molecule has 0 saturated heterocycles. The fourth-order valence-electron chi connectivity index (χ4n) is 1.56. The minimum atomic E-state index is -1.42. The monoisotopic (exact) mass is 274 g/mol. The van der Waals surface area contributed by atoms with Gasteiger partial charge in [-0.1, -0.05) is 11.6 Å². The van der Waals surface area contributed by atoms with Crippen molar-refractivity contribution in [1.82, 2.24) is 0 Å². The van der Waals surface area contributed by atoms with Gasteiger partial charge in [-0.15, -0.1) is 0 Å². The van der Waals surface area contributed by atoms with Crippen LogP contribution in [0.3, 0.4) is 0 Å². The Labute approximate surface area is 110 Å². The molecule has 0 aliphatic heterocycles. The highest BCUT2D eigenvalue weighted by molar-refractivity contribution is 6.30. The molecule has 2 atom stereocenters. The molecule has 0 amide bonds. The number of aromatic hydroxyl groups is 1. The van der Waals surface area contributed by atoms with Crippen LogP contribution in [0.2, 0.25) is 5.02 Å². The van der Waals surface area contributed by atoms with Crippen LogP contribution in [0, 0.1) is 6.92 Å². The molecule has 100 valence electrons. The lowest BCUT2D eigenvalue weighted by Crippen LogP contribution is -2.22. The molecule has 2 unspecified atom stereocenters. The molecule has 0 aromatic heterocycles. The lowest BCUT2D eigenvalue weighted by atomic mass is 9.99. The predicted molar refractivity (Wildman–Crippen MR) is 65.5 cm³/mol. The van der Waals surface area contributed by atoms with E-state index in [1.807, 2.05) is 0 Å². The first-order valence-electron chi connectivity index (χ1n) is 5.28. The molecule has 0 radical (unpaired) electrons. The third kappa shape index (κ3) is 3.35. The van der Waals surface area contributed by atoms with Gasteiger partial charge in [0, 0.05) is 10.6 Å². The van der Waals surface area contributed by atoms with E-state index in [-0.39, 0.29) is 17.7 Å². The quantitative estimate of drug-likeness (QED) is 0.721. The van der Waals surface area contributed by atoms with Gasteiger partial charge in [-0.25, -0.2) is 0 Å². The Morgan fingerprint density at radius 3 is 2.61 bits per heavy atom. The SMILES string of the molecule is COC(=O)CC(O)C(O)c1cc(Cl)cc(C)c1O. The van der Waals surface area contributed by atoms with E-state index in [4.69, 9.17) is 11.6 Å². The molecule has 1 aromatic rings. The Hall–Kier alpha value is -1.30. The van der Waals surface area contributed by atoms with Gasteiger partial charge in [0.15, 0.2) is 0 Å². The second kappa shape index (κ2) is 6.04. The first kappa shape index (κ1) is 14.8. The number of aliphatic hydroxyl groups is 2. The van der Waals surface area contributed by atoms with Crippen molar-refractivity contribution in [1.29, 1.82) is 0 Å². The van der Waals surface area contributed by atoms with Gasteiger partial charge in [-0.3, -0.25) is 4.79 Å². The van der Waals surface area contributed by atoms with Crippen LogP contribution >= 0.6 is 11.6 Å². The molecule has 0 spiro atoms. The van der Waals surface area contributed by atoms with Gasteiger partial charge in [-0.2, -0.15) is 0 Å². The van der Waals surface area contributed by atoms with E-state index in [9.17, 15) is 20.1 Å². The standard InChI is InChI=1S/C12H15ClO5/c1-6-3-7(13)4-8(11(6)16)12(17)9(14)5-10(15)18-2/h3-4,9,12,14,16-17H,5H2,1-2H3. The summed E-state index contributed by atoms with van der Waals surface area (Å²) in [4.78, 5) is 11.0. The summed E-state index contributed by atoms with van der Waals surface area (Å²) in [5.41, 5.74) is 0.554. The van der Waals surface area contributed by atoms with Crippen LogP contribution in [-0.4, -0.2) is 34.5 Å². The maximum absolute atomic E-state index is 11.0. The van der Waals surface area contributed by atoms with Gasteiger partial charge >= 0.3 is 5.97 Å². The number of rotatable bonds is 4. The third-order valence-corrected chi connectivity index (χ3v) is 2.80. The number of esters is 1. The molecule has 5 nitrogen and oxygen atoms in total. The summed E-state index contributed by atoms with van der Waals surface area (Å²) in [5, 5.41) is 29.7. The van der Waals surface area contributed by atoms with E-state index in [1.165, 1.54) is 19.2 Å². The van der Waals surface area contributed by atoms with E-state index in [0.29, 0.717) is 10.6 Å². The normalized spacial score (nSPS) is 14.1. The molecule has 6 heteroatoms.